The van der Waals surface area contributed by atoms with Gasteiger partial charge in [0.15, 0.2) is 5.72 Å². The van der Waals surface area contributed by atoms with Gasteiger partial charge in [-0.25, -0.2) is 0 Å². The summed E-state index contributed by atoms with van der Waals surface area (Å²) in [5.41, 5.74) is -1.88. The van der Waals surface area contributed by atoms with Crippen LogP contribution in [0.3, 0.4) is 0 Å². The highest BCUT2D eigenvalue weighted by Crippen LogP contribution is 2.39. The number of carbonyl (C=O) groups is 3. The molecule has 2 atom stereocenters. The van der Waals surface area contributed by atoms with Crippen molar-refractivity contribution in [3.63, 3.8) is 0 Å². The van der Waals surface area contributed by atoms with E-state index in [-0.39, 0.29) is 41.1 Å². The zero-order valence-corrected chi connectivity index (χ0v) is 15.1. The van der Waals surface area contributed by atoms with Crippen molar-refractivity contribution in [3.05, 3.63) is 47.5 Å². The Morgan fingerprint density at radius 2 is 1.66 bits per heavy atom. The number of carboxylic acid groups (broad SMARTS) is 1. The summed E-state index contributed by atoms with van der Waals surface area (Å²) in [7, 11) is 0. The van der Waals surface area contributed by atoms with Gasteiger partial charge in [0.05, 0.1) is 12.5 Å². The second-order valence-electron chi connectivity index (χ2n) is 6.24. The third kappa shape index (κ3) is 5.00. The van der Waals surface area contributed by atoms with E-state index in [1.165, 1.54) is 36.4 Å². The molecular formula is C19H20N2O8. The van der Waals surface area contributed by atoms with Gasteiger partial charge in [-0.05, 0) is 29.8 Å². The Balaban J connectivity index is 2.55. The minimum atomic E-state index is -2.25. The molecule has 0 aliphatic rings. The van der Waals surface area contributed by atoms with Crippen LogP contribution in [0.5, 0.6) is 11.5 Å². The van der Waals surface area contributed by atoms with E-state index < -0.39 is 24.2 Å². The lowest BCUT2D eigenvalue weighted by Gasteiger charge is -2.27. The molecule has 154 valence electrons. The topological polar surface area (TPSA) is 176 Å². The third-order valence-electron chi connectivity index (χ3n) is 4.27. The van der Waals surface area contributed by atoms with Crippen molar-refractivity contribution in [2.45, 2.75) is 18.2 Å². The molecule has 0 fully saturated rings. The highest BCUT2D eigenvalue weighted by atomic mass is 16.4. The number of aliphatic hydroxyl groups excluding tert-OH is 1. The minimum absolute atomic E-state index is 0.0221. The molecule has 10 heteroatoms. The largest absolute Gasteiger partial charge is 0.507 e. The number of hydrogen-bond donors (Lipinski definition) is 7. The Morgan fingerprint density at radius 3 is 2.24 bits per heavy atom. The molecule has 2 amide bonds. The molecule has 0 aliphatic carbocycles. The van der Waals surface area contributed by atoms with Gasteiger partial charge in [-0.1, -0.05) is 12.1 Å². The quantitative estimate of drug-likeness (QED) is 0.212. The lowest BCUT2D eigenvalue weighted by Crippen LogP contribution is -2.43. The third-order valence-corrected chi connectivity index (χ3v) is 4.27. The molecule has 2 unspecified atom stereocenters. The Bertz CT molecular complexity index is 917. The Labute approximate surface area is 165 Å². The number of aliphatic carboxylic acids is 1. The predicted molar refractivity (Wildman–Crippen MR) is 99.6 cm³/mol. The molecule has 0 aromatic heterocycles. The van der Waals surface area contributed by atoms with Gasteiger partial charge < -0.3 is 36.2 Å². The van der Waals surface area contributed by atoms with Gasteiger partial charge in [-0.15, -0.1) is 0 Å². The van der Waals surface area contributed by atoms with Crippen LogP contribution in [0.25, 0.3) is 11.1 Å². The average Bonchev–Trinajstić information content (AvgIpc) is 2.66. The number of phenols is 2. The van der Waals surface area contributed by atoms with Crippen LogP contribution < -0.4 is 10.6 Å². The Morgan fingerprint density at radius 1 is 1.03 bits per heavy atom. The molecule has 29 heavy (non-hydrogen) atoms. The fourth-order valence-corrected chi connectivity index (χ4v) is 2.82. The van der Waals surface area contributed by atoms with Crippen molar-refractivity contribution in [2.75, 3.05) is 6.54 Å². The van der Waals surface area contributed by atoms with Crippen LogP contribution in [0.1, 0.15) is 23.7 Å². The molecule has 0 bridgehead atoms. The highest BCUT2D eigenvalue weighted by molar-refractivity contribution is 5.77. The molecule has 0 heterocycles. The van der Waals surface area contributed by atoms with Gasteiger partial charge in [0.1, 0.15) is 11.5 Å². The van der Waals surface area contributed by atoms with Crippen LogP contribution >= 0.6 is 0 Å². The smallest absolute Gasteiger partial charge is 0.308 e. The number of phenolic OH excluding ortho intramolecular Hbond substituents is 2. The van der Waals surface area contributed by atoms with Gasteiger partial charge >= 0.3 is 5.97 Å². The molecule has 0 spiro atoms. The summed E-state index contributed by atoms with van der Waals surface area (Å²) >= 11 is 0. The zero-order chi connectivity index (χ0) is 21.6. The van der Waals surface area contributed by atoms with Gasteiger partial charge in [0, 0.05) is 23.2 Å². The van der Waals surface area contributed by atoms with Crippen LogP contribution in [0.15, 0.2) is 36.4 Å². The first kappa shape index (κ1) is 21.7. The number of aliphatic hydroxyl groups is 2. The van der Waals surface area contributed by atoms with E-state index in [4.69, 9.17) is 5.11 Å². The second kappa shape index (κ2) is 9.04. The normalized spacial score (nSPS) is 13.7. The van der Waals surface area contributed by atoms with Gasteiger partial charge in [-0.3, -0.25) is 14.4 Å². The summed E-state index contributed by atoms with van der Waals surface area (Å²) in [6.07, 6.45) is -1.38. The molecule has 0 saturated carbocycles. The van der Waals surface area contributed by atoms with Crippen LogP contribution in [0, 0.1) is 0 Å². The Kier molecular flexibility index (Phi) is 6.75. The molecule has 0 aliphatic heterocycles. The van der Waals surface area contributed by atoms with Crippen molar-refractivity contribution in [3.8, 4) is 22.6 Å². The van der Waals surface area contributed by atoms with E-state index in [0.29, 0.717) is 12.0 Å². The lowest BCUT2D eigenvalue weighted by molar-refractivity contribution is -0.145. The summed E-state index contributed by atoms with van der Waals surface area (Å²) in [6, 6.07) is 7.67. The summed E-state index contributed by atoms with van der Waals surface area (Å²) < 4.78 is 0. The number of nitrogens with one attached hydrogen (secondary N) is 2. The summed E-state index contributed by atoms with van der Waals surface area (Å²) in [4.78, 5) is 32.3. The SMILES string of the molecule is O=CNCC(O)c1ccc(O)c(-c2cc(C(O)(CC(=O)O)NC=O)ccc2O)c1. The fraction of sp³-hybridized carbons (Fsp3) is 0.211. The standard InChI is InChI=1S/C19H20N2O8/c22-9-20-8-17(26)11-1-3-15(24)13(5-11)14-6-12(2-4-16(14)25)19(29,21-10-23)7-18(27)28/h1-6,9-10,17,24-26,29H,7-8H2,(H,20,22)(H,21,23)(H,27,28). The highest BCUT2D eigenvalue weighted by Gasteiger charge is 2.32. The molecule has 0 radical (unpaired) electrons. The van der Waals surface area contributed by atoms with Crippen molar-refractivity contribution >= 4 is 18.8 Å². The predicted octanol–water partition coefficient (Wildman–Crippen LogP) is -0.0900. The number of carboxylic acids is 1. The van der Waals surface area contributed by atoms with Gasteiger partial charge in [0.2, 0.25) is 12.8 Å². The van der Waals surface area contributed by atoms with E-state index in [1.54, 1.807) is 0 Å². The Hall–Kier alpha value is -3.63. The fourth-order valence-electron chi connectivity index (χ4n) is 2.82. The van der Waals surface area contributed by atoms with Crippen LogP contribution in [-0.4, -0.2) is 50.9 Å². The number of amides is 2. The molecule has 2 rings (SSSR count). The maximum Gasteiger partial charge on any atom is 0.308 e. The number of carbonyl (C=O) groups excluding carboxylic acids is 2. The molecule has 2 aromatic carbocycles. The van der Waals surface area contributed by atoms with E-state index in [9.17, 15) is 34.8 Å². The molecular weight excluding hydrogens is 384 g/mol. The van der Waals surface area contributed by atoms with Crippen LogP contribution in [-0.2, 0) is 20.1 Å². The minimum Gasteiger partial charge on any atom is -0.507 e. The zero-order valence-electron chi connectivity index (χ0n) is 15.1. The van der Waals surface area contributed by atoms with E-state index in [2.05, 4.69) is 5.32 Å². The van der Waals surface area contributed by atoms with Crippen LogP contribution in [0.2, 0.25) is 0 Å². The van der Waals surface area contributed by atoms with Crippen molar-refractivity contribution in [2.24, 2.45) is 0 Å². The van der Waals surface area contributed by atoms with Crippen molar-refractivity contribution in [1.82, 2.24) is 10.6 Å². The average molecular weight is 404 g/mol. The first-order chi connectivity index (χ1) is 13.7. The summed E-state index contributed by atoms with van der Waals surface area (Å²) in [5.74, 6) is -1.94. The molecule has 2 aromatic rings. The number of aromatic hydroxyl groups is 2. The van der Waals surface area contributed by atoms with Gasteiger partial charge in [-0.2, -0.15) is 0 Å². The van der Waals surface area contributed by atoms with E-state index in [0.717, 1.165) is 0 Å². The first-order valence-corrected chi connectivity index (χ1v) is 8.39. The summed E-state index contributed by atoms with van der Waals surface area (Å²) in [6.45, 7) is -0.0820. The van der Waals surface area contributed by atoms with Gasteiger partial charge in [0.25, 0.3) is 0 Å². The molecule has 7 N–H and O–H groups in total. The van der Waals surface area contributed by atoms with E-state index in [1.807, 2.05) is 5.32 Å². The van der Waals surface area contributed by atoms with Crippen molar-refractivity contribution in [1.29, 1.82) is 0 Å². The summed E-state index contributed by atoms with van der Waals surface area (Å²) in [5, 5.41) is 54.5. The monoisotopic (exact) mass is 404 g/mol. The number of rotatable bonds is 10. The van der Waals surface area contributed by atoms with Crippen molar-refractivity contribution < 1.29 is 39.9 Å². The number of benzene rings is 2. The molecule has 10 nitrogen and oxygen atoms in total. The molecule has 0 saturated heterocycles. The maximum atomic E-state index is 11.1. The second-order valence-corrected chi connectivity index (χ2v) is 6.24. The first-order valence-electron chi connectivity index (χ1n) is 8.39. The number of hydrogen-bond acceptors (Lipinski definition) is 7. The van der Waals surface area contributed by atoms with E-state index >= 15 is 0 Å². The lowest BCUT2D eigenvalue weighted by atomic mass is 9.92. The maximum absolute atomic E-state index is 11.1. The van der Waals surface area contributed by atoms with Crippen LogP contribution in [0.4, 0.5) is 0 Å².